The van der Waals surface area contributed by atoms with Crippen LogP contribution in [0.5, 0.6) is 0 Å². The van der Waals surface area contributed by atoms with E-state index in [1.165, 1.54) is 0 Å². The third-order valence-electron chi connectivity index (χ3n) is 1.85. The summed E-state index contributed by atoms with van der Waals surface area (Å²) in [5, 5.41) is 8.88. The SMILES string of the molecule is Cc1nc(C#N)cc(C(F)F)c1CBr. The molecule has 0 aliphatic heterocycles. The lowest BCUT2D eigenvalue weighted by Gasteiger charge is -2.08. The number of alkyl halides is 3. The lowest BCUT2D eigenvalue weighted by molar-refractivity contribution is 0.150. The first kappa shape index (κ1) is 11.1. The molecule has 0 radical (unpaired) electrons. The summed E-state index contributed by atoms with van der Waals surface area (Å²) in [7, 11) is 0. The van der Waals surface area contributed by atoms with Gasteiger partial charge in [0.15, 0.2) is 0 Å². The van der Waals surface area contributed by atoms with Crippen LogP contribution < -0.4 is 0 Å². The minimum absolute atomic E-state index is 0.0301. The maximum Gasteiger partial charge on any atom is 0.264 e. The highest BCUT2D eigenvalue weighted by atomic mass is 79.9. The predicted molar refractivity (Wildman–Crippen MR) is 51.3 cm³/mol. The molecular formula is C9H7BrF2N2. The first-order valence-electron chi connectivity index (χ1n) is 3.84. The van der Waals surface area contributed by atoms with Gasteiger partial charge in [-0.15, -0.1) is 0 Å². The molecule has 1 heterocycles. The minimum atomic E-state index is -2.57. The lowest BCUT2D eigenvalue weighted by atomic mass is 10.1. The van der Waals surface area contributed by atoms with E-state index >= 15 is 0 Å². The molecule has 1 aromatic heterocycles. The molecule has 0 saturated heterocycles. The average Bonchev–Trinajstić information content (AvgIpc) is 2.16. The Morgan fingerprint density at radius 3 is 2.71 bits per heavy atom. The molecule has 0 unspecified atom stereocenters. The second-order valence-electron chi connectivity index (χ2n) is 2.71. The normalized spacial score (nSPS) is 10.3. The van der Waals surface area contributed by atoms with Crippen LogP contribution in [-0.4, -0.2) is 4.98 Å². The van der Waals surface area contributed by atoms with Gasteiger partial charge in [0.25, 0.3) is 6.43 Å². The van der Waals surface area contributed by atoms with Crippen molar-refractivity contribution < 1.29 is 8.78 Å². The lowest BCUT2D eigenvalue weighted by Crippen LogP contribution is -2.00. The summed E-state index contributed by atoms with van der Waals surface area (Å²) < 4.78 is 25.1. The van der Waals surface area contributed by atoms with E-state index in [0.717, 1.165) is 6.07 Å². The summed E-state index contributed by atoms with van der Waals surface area (Å²) in [6.07, 6.45) is -2.57. The second-order valence-corrected chi connectivity index (χ2v) is 3.27. The van der Waals surface area contributed by atoms with Crippen LogP contribution in [0.25, 0.3) is 0 Å². The van der Waals surface area contributed by atoms with Crippen LogP contribution in [0.4, 0.5) is 8.78 Å². The zero-order valence-corrected chi connectivity index (χ0v) is 8.98. The van der Waals surface area contributed by atoms with Gasteiger partial charge in [0.1, 0.15) is 11.8 Å². The van der Waals surface area contributed by atoms with E-state index in [-0.39, 0.29) is 11.3 Å². The van der Waals surface area contributed by atoms with E-state index in [1.54, 1.807) is 13.0 Å². The summed E-state index contributed by atoms with van der Waals surface area (Å²) in [6.45, 7) is 1.61. The Balaban J connectivity index is 3.37. The molecule has 0 N–H and O–H groups in total. The maximum atomic E-state index is 12.6. The van der Waals surface area contributed by atoms with Crippen molar-refractivity contribution in [3.05, 3.63) is 28.6 Å². The van der Waals surface area contributed by atoms with Gasteiger partial charge in [-0.3, -0.25) is 0 Å². The molecule has 1 rings (SSSR count). The van der Waals surface area contributed by atoms with Crippen molar-refractivity contribution in [3.63, 3.8) is 0 Å². The van der Waals surface area contributed by atoms with Gasteiger partial charge in [-0.2, -0.15) is 5.26 Å². The van der Waals surface area contributed by atoms with E-state index in [2.05, 4.69) is 20.9 Å². The fourth-order valence-corrected chi connectivity index (χ4v) is 1.88. The molecule has 1 aromatic rings. The topological polar surface area (TPSA) is 36.7 Å². The summed E-state index contributed by atoms with van der Waals surface area (Å²) in [6, 6.07) is 2.89. The molecule has 5 heteroatoms. The van der Waals surface area contributed by atoms with Crippen molar-refractivity contribution in [2.75, 3.05) is 0 Å². The van der Waals surface area contributed by atoms with Gasteiger partial charge in [0, 0.05) is 16.6 Å². The average molecular weight is 261 g/mol. The molecule has 74 valence electrons. The van der Waals surface area contributed by atoms with Crippen molar-refractivity contribution in [2.24, 2.45) is 0 Å². The highest BCUT2D eigenvalue weighted by molar-refractivity contribution is 9.08. The Morgan fingerprint density at radius 2 is 2.29 bits per heavy atom. The summed E-state index contributed by atoms with van der Waals surface area (Å²) in [5.74, 6) is 0. The molecule has 0 aromatic carbocycles. The third-order valence-corrected chi connectivity index (χ3v) is 2.41. The van der Waals surface area contributed by atoms with Crippen LogP contribution in [0.15, 0.2) is 6.07 Å². The Bertz CT molecular complexity index is 385. The number of nitriles is 1. The van der Waals surface area contributed by atoms with Crippen molar-refractivity contribution in [3.8, 4) is 6.07 Å². The van der Waals surface area contributed by atoms with E-state index in [0.29, 0.717) is 16.6 Å². The van der Waals surface area contributed by atoms with E-state index < -0.39 is 6.43 Å². The standard InChI is InChI=1S/C9H7BrF2N2/c1-5-8(3-10)7(9(11)12)2-6(4-13)14-5/h2,9H,3H2,1H3. The molecule has 0 fully saturated rings. The van der Waals surface area contributed by atoms with Gasteiger partial charge in [-0.1, -0.05) is 15.9 Å². The van der Waals surface area contributed by atoms with Crippen molar-refractivity contribution >= 4 is 15.9 Å². The number of aromatic nitrogens is 1. The molecule has 14 heavy (non-hydrogen) atoms. The zero-order valence-electron chi connectivity index (χ0n) is 7.39. The van der Waals surface area contributed by atoms with Crippen molar-refractivity contribution in [2.45, 2.75) is 18.7 Å². The van der Waals surface area contributed by atoms with E-state index in [4.69, 9.17) is 5.26 Å². The summed E-state index contributed by atoms with van der Waals surface area (Å²) in [5.41, 5.74) is 0.837. The molecule has 0 aliphatic rings. The van der Waals surface area contributed by atoms with Crippen molar-refractivity contribution in [1.82, 2.24) is 4.98 Å². The number of pyridine rings is 1. The van der Waals surface area contributed by atoms with Gasteiger partial charge < -0.3 is 0 Å². The minimum Gasteiger partial charge on any atom is -0.242 e. The highest BCUT2D eigenvalue weighted by Gasteiger charge is 2.16. The number of rotatable bonds is 2. The van der Waals surface area contributed by atoms with Crippen LogP contribution in [0.2, 0.25) is 0 Å². The van der Waals surface area contributed by atoms with Crippen LogP contribution >= 0.6 is 15.9 Å². The van der Waals surface area contributed by atoms with E-state index in [1.807, 2.05) is 0 Å². The van der Waals surface area contributed by atoms with E-state index in [9.17, 15) is 8.78 Å². The van der Waals surface area contributed by atoms with Gasteiger partial charge in [-0.05, 0) is 18.6 Å². The Morgan fingerprint density at radius 1 is 1.64 bits per heavy atom. The van der Waals surface area contributed by atoms with Gasteiger partial charge in [0.05, 0.1) is 0 Å². The second kappa shape index (κ2) is 4.47. The summed E-state index contributed by atoms with van der Waals surface area (Å²) in [4.78, 5) is 3.88. The fourth-order valence-electron chi connectivity index (χ4n) is 1.15. The Labute approximate surface area is 88.7 Å². The molecule has 0 spiro atoms. The molecule has 0 amide bonds. The number of hydrogen-bond acceptors (Lipinski definition) is 2. The molecule has 0 bridgehead atoms. The molecule has 0 atom stereocenters. The molecule has 0 aliphatic carbocycles. The number of aryl methyl sites for hydroxylation is 1. The smallest absolute Gasteiger partial charge is 0.242 e. The van der Waals surface area contributed by atoms with Gasteiger partial charge >= 0.3 is 0 Å². The van der Waals surface area contributed by atoms with Gasteiger partial charge in [0.2, 0.25) is 0 Å². The fraction of sp³-hybridized carbons (Fsp3) is 0.333. The predicted octanol–water partition coefficient (Wildman–Crippen LogP) is 3.09. The molecule has 0 saturated carbocycles. The van der Waals surface area contributed by atoms with Crippen LogP contribution in [0.3, 0.4) is 0 Å². The van der Waals surface area contributed by atoms with Gasteiger partial charge in [-0.25, -0.2) is 13.8 Å². The molecular weight excluding hydrogens is 254 g/mol. The first-order valence-corrected chi connectivity index (χ1v) is 4.97. The Hall–Kier alpha value is -1.02. The number of hydrogen-bond donors (Lipinski definition) is 0. The zero-order chi connectivity index (χ0) is 10.7. The van der Waals surface area contributed by atoms with Crippen LogP contribution in [-0.2, 0) is 5.33 Å². The van der Waals surface area contributed by atoms with Crippen molar-refractivity contribution in [1.29, 1.82) is 5.26 Å². The largest absolute Gasteiger partial charge is 0.264 e. The maximum absolute atomic E-state index is 12.6. The quantitative estimate of drug-likeness (QED) is 0.767. The monoisotopic (exact) mass is 260 g/mol. The van der Waals surface area contributed by atoms with Crippen LogP contribution in [0.1, 0.15) is 28.9 Å². The van der Waals surface area contributed by atoms with Crippen LogP contribution in [0, 0.1) is 18.3 Å². The first-order chi connectivity index (χ1) is 6.60. The third kappa shape index (κ3) is 2.07. The number of nitrogens with zero attached hydrogens (tertiary/aromatic N) is 2. The highest BCUT2D eigenvalue weighted by Crippen LogP contribution is 2.26. The Kier molecular flexibility index (Phi) is 3.53. The molecule has 2 nitrogen and oxygen atoms in total. The summed E-state index contributed by atoms with van der Waals surface area (Å²) >= 11 is 3.12. The number of halogens is 3.